The van der Waals surface area contributed by atoms with Crippen LogP contribution in [-0.4, -0.2) is 58.8 Å². The molecule has 2 amide bonds. The second-order valence-corrected chi connectivity index (χ2v) is 7.22. The zero-order valence-corrected chi connectivity index (χ0v) is 15.9. The maximum atomic E-state index is 12.9. The lowest BCUT2D eigenvalue weighted by atomic mass is 10.0. The molecule has 2 aromatic rings. The Bertz CT molecular complexity index is 916. The monoisotopic (exact) mass is 390 g/mol. The molecule has 148 valence electrons. The molecule has 1 aromatic carbocycles. The van der Waals surface area contributed by atoms with Crippen LogP contribution in [0.5, 0.6) is 0 Å². The average Bonchev–Trinajstić information content (AvgIpc) is 3.29. The minimum absolute atomic E-state index is 0.0551. The summed E-state index contributed by atoms with van der Waals surface area (Å²) in [6.07, 6.45) is 4.17. The molecule has 8 heteroatoms. The first-order chi connectivity index (χ1) is 14.2. The molecule has 0 bridgehead atoms. The number of nitrogens with zero attached hydrogens (tertiary/aromatic N) is 4. The normalized spacial score (nSPS) is 21.6. The van der Waals surface area contributed by atoms with Gasteiger partial charge in [-0.15, -0.1) is 0 Å². The topological polar surface area (TPSA) is 101 Å². The van der Waals surface area contributed by atoms with Crippen LogP contribution in [0, 0.1) is 11.3 Å². The van der Waals surface area contributed by atoms with Gasteiger partial charge in [0.05, 0.1) is 11.6 Å². The fourth-order valence-electron chi connectivity index (χ4n) is 3.75. The largest absolute Gasteiger partial charge is 0.338 e. The number of carbonyl (C=O) groups excluding carboxylic acids is 2. The standard InChI is InChI=1S/C21H22N6O2/c22-14-15-1-3-17(4-2-15)20(28)26-9-11-27(12-10-26)21(29)19-13-18(24-25-19)16-5-7-23-8-6-16/h1-8,18-19,24-25H,9-13H2. The van der Waals surface area contributed by atoms with Gasteiger partial charge in [-0.2, -0.15) is 5.26 Å². The predicted octanol–water partition coefficient (Wildman–Crippen LogP) is 0.845. The highest BCUT2D eigenvalue weighted by atomic mass is 16.2. The third kappa shape index (κ3) is 4.11. The molecule has 29 heavy (non-hydrogen) atoms. The van der Waals surface area contributed by atoms with Gasteiger partial charge >= 0.3 is 0 Å². The molecule has 2 N–H and O–H groups in total. The molecule has 2 atom stereocenters. The highest BCUT2D eigenvalue weighted by molar-refractivity contribution is 5.94. The molecule has 2 saturated heterocycles. The maximum absolute atomic E-state index is 12.9. The van der Waals surface area contributed by atoms with Crippen LogP contribution >= 0.6 is 0 Å². The third-order valence-corrected chi connectivity index (χ3v) is 5.45. The zero-order chi connectivity index (χ0) is 20.2. The Morgan fingerprint density at radius 1 is 0.966 bits per heavy atom. The van der Waals surface area contributed by atoms with Gasteiger partial charge in [-0.05, 0) is 48.4 Å². The summed E-state index contributed by atoms with van der Waals surface area (Å²) in [7, 11) is 0. The van der Waals surface area contributed by atoms with E-state index in [1.54, 1.807) is 41.6 Å². The number of aromatic nitrogens is 1. The van der Waals surface area contributed by atoms with Crippen LogP contribution in [-0.2, 0) is 4.79 Å². The van der Waals surface area contributed by atoms with Crippen molar-refractivity contribution in [2.45, 2.75) is 18.5 Å². The highest BCUT2D eigenvalue weighted by Crippen LogP contribution is 2.23. The van der Waals surface area contributed by atoms with Crippen molar-refractivity contribution in [3.8, 4) is 6.07 Å². The highest BCUT2D eigenvalue weighted by Gasteiger charge is 2.34. The summed E-state index contributed by atoms with van der Waals surface area (Å²) in [5, 5.41) is 8.87. The number of hydrazine groups is 1. The van der Waals surface area contributed by atoms with Gasteiger partial charge in [-0.1, -0.05) is 0 Å². The van der Waals surface area contributed by atoms with E-state index in [-0.39, 0.29) is 23.9 Å². The van der Waals surface area contributed by atoms with E-state index in [0.717, 1.165) is 5.56 Å². The second kappa shape index (κ2) is 8.39. The Morgan fingerprint density at radius 2 is 1.62 bits per heavy atom. The van der Waals surface area contributed by atoms with E-state index in [9.17, 15) is 9.59 Å². The van der Waals surface area contributed by atoms with Crippen LogP contribution in [0.3, 0.4) is 0 Å². The fraction of sp³-hybridized carbons (Fsp3) is 0.333. The van der Waals surface area contributed by atoms with Crippen LogP contribution < -0.4 is 10.9 Å². The molecule has 0 saturated carbocycles. The van der Waals surface area contributed by atoms with Gasteiger partial charge < -0.3 is 9.80 Å². The molecule has 3 heterocycles. The van der Waals surface area contributed by atoms with Crippen molar-refractivity contribution in [1.29, 1.82) is 5.26 Å². The van der Waals surface area contributed by atoms with Gasteiger partial charge in [0.1, 0.15) is 6.04 Å². The number of nitriles is 1. The van der Waals surface area contributed by atoms with E-state index in [4.69, 9.17) is 5.26 Å². The lowest BCUT2D eigenvalue weighted by molar-refractivity contribution is -0.134. The van der Waals surface area contributed by atoms with E-state index >= 15 is 0 Å². The molecular weight excluding hydrogens is 368 g/mol. The summed E-state index contributed by atoms with van der Waals surface area (Å²) < 4.78 is 0. The SMILES string of the molecule is N#Cc1ccc(C(=O)N2CCN(C(=O)C3CC(c4ccncc4)NN3)CC2)cc1. The predicted molar refractivity (Wildman–Crippen MR) is 105 cm³/mol. The number of benzene rings is 1. The zero-order valence-electron chi connectivity index (χ0n) is 15.9. The Hall–Kier alpha value is -3.28. The van der Waals surface area contributed by atoms with Crippen LogP contribution in [0.2, 0.25) is 0 Å². The van der Waals surface area contributed by atoms with E-state index in [1.807, 2.05) is 23.1 Å². The maximum Gasteiger partial charge on any atom is 0.253 e. The minimum atomic E-state index is -0.283. The molecule has 2 unspecified atom stereocenters. The van der Waals surface area contributed by atoms with Crippen molar-refractivity contribution in [3.05, 3.63) is 65.5 Å². The number of amides is 2. The average molecular weight is 390 g/mol. The number of hydrogen-bond donors (Lipinski definition) is 2. The molecule has 2 aliphatic rings. The summed E-state index contributed by atoms with van der Waals surface area (Å²) in [5.74, 6) is -0.0143. The molecule has 2 aliphatic heterocycles. The Morgan fingerprint density at radius 3 is 2.28 bits per heavy atom. The summed E-state index contributed by atoms with van der Waals surface area (Å²) in [6.45, 7) is 2.02. The van der Waals surface area contributed by atoms with Crippen molar-refractivity contribution >= 4 is 11.8 Å². The smallest absolute Gasteiger partial charge is 0.253 e. The first-order valence-corrected chi connectivity index (χ1v) is 9.65. The third-order valence-electron chi connectivity index (χ3n) is 5.45. The Kier molecular flexibility index (Phi) is 5.51. The number of rotatable bonds is 3. The Balaban J connectivity index is 1.30. The lowest BCUT2D eigenvalue weighted by Crippen LogP contribution is -2.54. The summed E-state index contributed by atoms with van der Waals surface area (Å²) >= 11 is 0. The van der Waals surface area contributed by atoms with Crippen LogP contribution in [0.1, 0.15) is 33.9 Å². The number of hydrogen-bond acceptors (Lipinski definition) is 6. The summed E-state index contributed by atoms with van der Waals surface area (Å²) in [5.41, 5.74) is 8.48. The molecule has 0 spiro atoms. The lowest BCUT2D eigenvalue weighted by Gasteiger charge is -2.36. The quantitative estimate of drug-likeness (QED) is 0.806. The van der Waals surface area contributed by atoms with E-state index in [2.05, 4.69) is 15.8 Å². The van der Waals surface area contributed by atoms with E-state index < -0.39 is 0 Å². The van der Waals surface area contributed by atoms with Gasteiger partial charge in [0.25, 0.3) is 5.91 Å². The van der Waals surface area contributed by atoms with Crippen molar-refractivity contribution in [1.82, 2.24) is 25.6 Å². The molecule has 2 fully saturated rings. The van der Waals surface area contributed by atoms with Gasteiger partial charge in [0.2, 0.25) is 5.91 Å². The molecule has 0 aliphatic carbocycles. The minimum Gasteiger partial charge on any atom is -0.338 e. The van der Waals surface area contributed by atoms with Gasteiger partial charge in [-0.3, -0.25) is 14.6 Å². The molecule has 1 aromatic heterocycles. The van der Waals surface area contributed by atoms with Crippen molar-refractivity contribution in [2.75, 3.05) is 26.2 Å². The van der Waals surface area contributed by atoms with Gasteiger partial charge in [-0.25, -0.2) is 10.9 Å². The fourth-order valence-corrected chi connectivity index (χ4v) is 3.75. The van der Waals surface area contributed by atoms with Crippen LogP contribution in [0.15, 0.2) is 48.8 Å². The van der Waals surface area contributed by atoms with Crippen LogP contribution in [0.25, 0.3) is 0 Å². The van der Waals surface area contributed by atoms with Crippen molar-refractivity contribution in [2.24, 2.45) is 0 Å². The molecular formula is C21H22N6O2. The van der Waals surface area contributed by atoms with Crippen molar-refractivity contribution < 1.29 is 9.59 Å². The van der Waals surface area contributed by atoms with E-state index in [0.29, 0.717) is 43.7 Å². The second-order valence-electron chi connectivity index (χ2n) is 7.22. The van der Waals surface area contributed by atoms with Crippen molar-refractivity contribution in [3.63, 3.8) is 0 Å². The number of piperazine rings is 1. The molecule has 4 rings (SSSR count). The number of pyridine rings is 1. The molecule has 0 radical (unpaired) electrons. The van der Waals surface area contributed by atoms with Gasteiger partial charge in [0, 0.05) is 50.2 Å². The first kappa shape index (κ1) is 19.1. The number of nitrogens with one attached hydrogen (secondary N) is 2. The summed E-state index contributed by atoms with van der Waals surface area (Å²) in [4.78, 5) is 33.1. The van der Waals surface area contributed by atoms with Gasteiger partial charge in [0.15, 0.2) is 0 Å². The first-order valence-electron chi connectivity index (χ1n) is 9.65. The number of carbonyl (C=O) groups is 2. The Labute approximate surface area is 169 Å². The molecule has 8 nitrogen and oxygen atoms in total. The van der Waals surface area contributed by atoms with E-state index in [1.165, 1.54) is 0 Å². The summed E-state index contributed by atoms with van der Waals surface area (Å²) in [6, 6.07) is 12.4. The van der Waals surface area contributed by atoms with Crippen LogP contribution in [0.4, 0.5) is 0 Å².